The third-order valence-corrected chi connectivity index (χ3v) is 4.15. The van der Waals surface area contributed by atoms with E-state index in [1.807, 2.05) is 0 Å². The average Bonchev–Trinajstić information content (AvgIpc) is 2.93. The molecular weight excluding hydrogens is 218 g/mol. The van der Waals surface area contributed by atoms with E-state index in [-0.39, 0.29) is 5.41 Å². The zero-order valence-corrected chi connectivity index (χ0v) is 11.4. The summed E-state index contributed by atoms with van der Waals surface area (Å²) in [6.45, 7) is 7.19. The lowest BCUT2D eigenvalue weighted by Crippen LogP contribution is -2.20. The molecule has 1 aromatic heterocycles. The van der Waals surface area contributed by atoms with E-state index in [9.17, 15) is 0 Å². The lowest BCUT2D eigenvalue weighted by molar-refractivity contribution is 0.566. The van der Waals surface area contributed by atoms with Crippen LogP contribution in [-0.4, -0.2) is 18.1 Å². The van der Waals surface area contributed by atoms with Crippen LogP contribution in [0.25, 0.3) is 0 Å². The summed E-state index contributed by atoms with van der Waals surface area (Å²) in [7, 11) is 2.14. The monoisotopic (exact) mass is 239 g/mol. The molecule has 4 heteroatoms. The average molecular weight is 239 g/mol. The fraction of sp³-hybridized carbons (Fsp3) is 0.750. The molecule has 0 radical (unpaired) electrons. The SMILES string of the molecule is CN(c1nc(C(C)(C)C)c(CN)s1)C1CC1. The number of aromatic nitrogens is 1. The molecule has 90 valence electrons. The summed E-state index contributed by atoms with van der Waals surface area (Å²) in [5, 5.41) is 1.13. The van der Waals surface area contributed by atoms with Crippen molar-refractivity contribution in [1.82, 2.24) is 4.98 Å². The van der Waals surface area contributed by atoms with E-state index in [0.29, 0.717) is 12.6 Å². The van der Waals surface area contributed by atoms with Crippen molar-refractivity contribution in [2.24, 2.45) is 5.73 Å². The number of nitrogens with two attached hydrogens (primary N) is 1. The van der Waals surface area contributed by atoms with Gasteiger partial charge in [0, 0.05) is 29.9 Å². The molecule has 0 spiro atoms. The third-order valence-electron chi connectivity index (χ3n) is 2.98. The van der Waals surface area contributed by atoms with E-state index >= 15 is 0 Å². The van der Waals surface area contributed by atoms with Gasteiger partial charge in [0.05, 0.1) is 5.69 Å². The van der Waals surface area contributed by atoms with Crippen LogP contribution in [0.3, 0.4) is 0 Å². The van der Waals surface area contributed by atoms with Gasteiger partial charge in [0.1, 0.15) is 0 Å². The minimum atomic E-state index is 0.0911. The molecule has 3 nitrogen and oxygen atoms in total. The van der Waals surface area contributed by atoms with Crippen molar-refractivity contribution in [3.05, 3.63) is 10.6 Å². The first-order chi connectivity index (χ1) is 7.43. The Balaban J connectivity index is 2.31. The summed E-state index contributed by atoms with van der Waals surface area (Å²) >= 11 is 1.75. The molecule has 0 aromatic carbocycles. The predicted molar refractivity (Wildman–Crippen MR) is 70.1 cm³/mol. The first kappa shape index (κ1) is 11.9. The van der Waals surface area contributed by atoms with Gasteiger partial charge in [-0.05, 0) is 12.8 Å². The number of thiazole rings is 1. The van der Waals surface area contributed by atoms with Gasteiger partial charge in [0.2, 0.25) is 0 Å². The zero-order valence-electron chi connectivity index (χ0n) is 10.6. The minimum Gasteiger partial charge on any atom is -0.348 e. The summed E-state index contributed by atoms with van der Waals surface area (Å²) < 4.78 is 0. The fourth-order valence-corrected chi connectivity index (χ4v) is 3.01. The molecule has 0 amide bonds. The van der Waals surface area contributed by atoms with Gasteiger partial charge in [-0.25, -0.2) is 4.98 Å². The topological polar surface area (TPSA) is 42.2 Å². The number of hydrogen-bond acceptors (Lipinski definition) is 4. The molecule has 1 aliphatic rings. The Morgan fingerprint density at radius 1 is 1.44 bits per heavy atom. The highest BCUT2D eigenvalue weighted by atomic mass is 32.1. The highest BCUT2D eigenvalue weighted by Gasteiger charge is 2.30. The molecule has 0 unspecified atom stereocenters. The van der Waals surface area contributed by atoms with Crippen LogP contribution in [0.2, 0.25) is 0 Å². The van der Waals surface area contributed by atoms with Gasteiger partial charge >= 0.3 is 0 Å². The second-order valence-electron chi connectivity index (χ2n) is 5.56. The molecule has 2 N–H and O–H groups in total. The highest BCUT2D eigenvalue weighted by Crippen LogP contribution is 2.37. The second-order valence-corrected chi connectivity index (χ2v) is 6.63. The first-order valence-electron chi connectivity index (χ1n) is 5.86. The van der Waals surface area contributed by atoms with Crippen LogP contribution in [0, 0.1) is 0 Å². The largest absolute Gasteiger partial charge is 0.348 e. The standard InChI is InChI=1S/C12H21N3S/c1-12(2,3)10-9(7-13)16-11(14-10)15(4)8-5-6-8/h8H,5-7,13H2,1-4H3. The lowest BCUT2D eigenvalue weighted by atomic mass is 9.91. The zero-order chi connectivity index (χ0) is 11.9. The molecule has 1 heterocycles. The smallest absolute Gasteiger partial charge is 0.185 e. The molecule has 0 aliphatic heterocycles. The lowest BCUT2D eigenvalue weighted by Gasteiger charge is -2.17. The van der Waals surface area contributed by atoms with Gasteiger partial charge in [-0.2, -0.15) is 0 Å². The molecule has 0 saturated heterocycles. The molecule has 16 heavy (non-hydrogen) atoms. The second kappa shape index (κ2) is 4.00. The predicted octanol–water partition coefficient (Wildman–Crippen LogP) is 2.50. The highest BCUT2D eigenvalue weighted by molar-refractivity contribution is 7.15. The van der Waals surface area contributed by atoms with Crippen molar-refractivity contribution in [2.75, 3.05) is 11.9 Å². The van der Waals surface area contributed by atoms with Crippen LogP contribution < -0.4 is 10.6 Å². The van der Waals surface area contributed by atoms with E-state index in [4.69, 9.17) is 10.7 Å². The van der Waals surface area contributed by atoms with Gasteiger partial charge < -0.3 is 10.6 Å². The van der Waals surface area contributed by atoms with Gasteiger partial charge in [-0.1, -0.05) is 20.8 Å². The molecule has 1 aliphatic carbocycles. The first-order valence-corrected chi connectivity index (χ1v) is 6.68. The molecule has 0 atom stereocenters. The van der Waals surface area contributed by atoms with Crippen LogP contribution >= 0.6 is 11.3 Å². The Bertz CT molecular complexity index is 374. The van der Waals surface area contributed by atoms with Crippen LogP contribution in [0.4, 0.5) is 5.13 Å². The van der Waals surface area contributed by atoms with E-state index in [1.54, 1.807) is 11.3 Å². The van der Waals surface area contributed by atoms with Crippen molar-refractivity contribution in [3.8, 4) is 0 Å². The van der Waals surface area contributed by atoms with Gasteiger partial charge in [0.25, 0.3) is 0 Å². The van der Waals surface area contributed by atoms with E-state index in [2.05, 4.69) is 32.7 Å². The fourth-order valence-electron chi connectivity index (χ4n) is 1.83. The Labute approximate surface area is 102 Å². The van der Waals surface area contributed by atoms with E-state index in [1.165, 1.54) is 23.4 Å². The molecule has 1 saturated carbocycles. The summed E-state index contributed by atoms with van der Waals surface area (Å²) in [5.74, 6) is 0. The van der Waals surface area contributed by atoms with Crippen molar-refractivity contribution in [2.45, 2.75) is 51.6 Å². The molecule has 0 bridgehead atoms. The van der Waals surface area contributed by atoms with E-state index < -0.39 is 0 Å². The molecule has 2 rings (SSSR count). The van der Waals surface area contributed by atoms with Gasteiger partial charge in [-0.3, -0.25) is 0 Å². The van der Waals surface area contributed by atoms with Crippen LogP contribution in [0.15, 0.2) is 0 Å². The van der Waals surface area contributed by atoms with Crippen molar-refractivity contribution >= 4 is 16.5 Å². The Kier molecular flexibility index (Phi) is 2.97. The quantitative estimate of drug-likeness (QED) is 0.881. The van der Waals surface area contributed by atoms with Crippen LogP contribution in [0.5, 0.6) is 0 Å². The van der Waals surface area contributed by atoms with Crippen molar-refractivity contribution < 1.29 is 0 Å². The summed E-state index contributed by atoms with van der Waals surface area (Å²) in [5.41, 5.74) is 7.06. The summed E-state index contributed by atoms with van der Waals surface area (Å²) in [6.07, 6.45) is 2.61. The van der Waals surface area contributed by atoms with Gasteiger partial charge in [0.15, 0.2) is 5.13 Å². The van der Waals surface area contributed by atoms with E-state index in [0.717, 1.165) is 5.13 Å². The van der Waals surface area contributed by atoms with Gasteiger partial charge in [-0.15, -0.1) is 11.3 Å². The molecule has 1 aromatic rings. The molecule has 1 fully saturated rings. The Morgan fingerprint density at radius 3 is 2.44 bits per heavy atom. The Hall–Kier alpha value is -0.610. The maximum atomic E-state index is 5.80. The van der Waals surface area contributed by atoms with Crippen molar-refractivity contribution in [3.63, 3.8) is 0 Å². The normalized spacial score (nSPS) is 16.6. The number of hydrogen-bond donors (Lipinski definition) is 1. The summed E-state index contributed by atoms with van der Waals surface area (Å²) in [6, 6.07) is 0.713. The van der Waals surface area contributed by atoms with Crippen LogP contribution in [-0.2, 0) is 12.0 Å². The van der Waals surface area contributed by atoms with Crippen LogP contribution in [0.1, 0.15) is 44.2 Å². The maximum Gasteiger partial charge on any atom is 0.185 e. The number of rotatable bonds is 3. The minimum absolute atomic E-state index is 0.0911. The Morgan fingerprint density at radius 2 is 2.06 bits per heavy atom. The van der Waals surface area contributed by atoms with Crippen molar-refractivity contribution in [1.29, 1.82) is 0 Å². The molecular formula is C12H21N3S. The number of anilines is 1. The number of nitrogens with zero attached hydrogens (tertiary/aromatic N) is 2. The third kappa shape index (κ3) is 2.23. The summed E-state index contributed by atoms with van der Waals surface area (Å²) in [4.78, 5) is 8.31. The maximum absolute atomic E-state index is 5.80.